The molecule has 0 radical (unpaired) electrons. The molecule has 0 aliphatic carbocycles. The third-order valence-corrected chi connectivity index (χ3v) is 4.59. The number of hydrogen-bond acceptors (Lipinski definition) is 3. The van der Waals surface area contributed by atoms with Crippen LogP contribution in [0.15, 0.2) is 40.2 Å². The van der Waals surface area contributed by atoms with Crippen molar-refractivity contribution in [2.24, 2.45) is 5.73 Å². The highest BCUT2D eigenvalue weighted by Gasteiger charge is 2.18. The lowest BCUT2D eigenvalue weighted by Crippen LogP contribution is -2.20. The maximum Gasteiger partial charge on any atom is 0.0702 e. The largest absolute Gasteiger partial charge is 0.326 e. The Morgan fingerprint density at radius 2 is 1.83 bits per heavy atom. The Hall–Kier alpha value is -0.680. The second-order valence-corrected chi connectivity index (χ2v) is 6.95. The minimum atomic E-state index is 0.299. The molecule has 1 aromatic heterocycles. The van der Waals surface area contributed by atoms with Gasteiger partial charge in [0, 0.05) is 11.4 Å². The number of thiophene rings is 1. The van der Waals surface area contributed by atoms with E-state index in [1.165, 1.54) is 19.8 Å². The highest BCUT2D eigenvalue weighted by Crippen LogP contribution is 2.34. The number of benzene rings is 1. The van der Waals surface area contributed by atoms with E-state index in [4.69, 9.17) is 5.73 Å². The summed E-state index contributed by atoms with van der Waals surface area (Å²) in [5, 5.41) is 0. The second kappa shape index (κ2) is 5.97. The molecule has 1 unspecified atom stereocenters. The van der Waals surface area contributed by atoms with Crippen molar-refractivity contribution in [3.63, 3.8) is 0 Å². The van der Waals surface area contributed by atoms with Crippen LogP contribution in [0.3, 0.4) is 0 Å². The number of halogens is 1. The summed E-state index contributed by atoms with van der Waals surface area (Å²) >= 11 is 5.31. The Balaban J connectivity index is 2.35. The van der Waals surface area contributed by atoms with Crippen molar-refractivity contribution in [3.8, 4) is 0 Å². The smallest absolute Gasteiger partial charge is 0.0702 e. The molecule has 0 aliphatic heterocycles. The van der Waals surface area contributed by atoms with Gasteiger partial charge in [-0.3, -0.25) is 4.90 Å². The second-order valence-electron chi connectivity index (χ2n) is 4.45. The van der Waals surface area contributed by atoms with Crippen LogP contribution in [0.25, 0.3) is 0 Å². The Morgan fingerprint density at radius 1 is 1.17 bits per heavy atom. The standard InChI is InChI=1S/C14H17BrN2S/c1-17(2)14(12-7-8-13(15)18-12)11-5-3-10(9-16)4-6-11/h3-8,14H,9,16H2,1-2H3. The molecular weight excluding hydrogens is 308 g/mol. The van der Waals surface area contributed by atoms with Gasteiger partial charge in [-0.25, -0.2) is 0 Å². The molecule has 0 bridgehead atoms. The van der Waals surface area contributed by atoms with E-state index >= 15 is 0 Å². The van der Waals surface area contributed by atoms with Gasteiger partial charge in [-0.1, -0.05) is 24.3 Å². The van der Waals surface area contributed by atoms with E-state index in [1.807, 2.05) is 0 Å². The molecule has 0 fully saturated rings. The van der Waals surface area contributed by atoms with Crippen LogP contribution in [0.2, 0.25) is 0 Å². The number of hydrogen-bond donors (Lipinski definition) is 1. The number of nitrogens with zero attached hydrogens (tertiary/aromatic N) is 1. The Morgan fingerprint density at radius 3 is 2.28 bits per heavy atom. The van der Waals surface area contributed by atoms with Crippen molar-refractivity contribution in [2.75, 3.05) is 14.1 Å². The fraction of sp³-hybridized carbons (Fsp3) is 0.286. The zero-order valence-corrected chi connectivity index (χ0v) is 13.0. The molecule has 0 aliphatic rings. The minimum absolute atomic E-state index is 0.299. The Bertz CT molecular complexity index is 505. The van der Waals surface area contributed by atoms with Crippen LogP contribution in [0.5, 0.6) is 0 Å². The van der Waals surface area contributed by atoms with E-state index < -0.39 is 0 Å². The topological polar surface area (TPSA) is 29.3 Å². The van der Waals surface area contributed by atoms with E-state index in [9.17, 15) is 0 Å². The predicted molar refractivity (Wildman–Crippen MR) is 81.9 cm³/mol. The molecule has 96 valence electrons. The first-order chi connectivity index (χ1) is 8.61. The van der Waals surface area contributed by atoms with Crippen molar-refractivity contribution in [3.05, 3.63) is 56.2 Å². The lowest BCUT2D eigenvalue weighted by molar-refractivity contribution is 0.346. The van der Waals surface area contributed by atoms with Gasteiger partial charge in [0.25, 0.3) is 0 Å². The first-order valence-corrected chi connectivity index (χ1v) is 7.43. The van der Waals surface area contributed by atoms with Crippen molar-refractivity contribution in [2.45, 2.75) is 12.6 Å². The number of nitrogens with two attached hydrogens (primary N) is 1. The van der Waals surface area contributed by atoms with Gasteiger partial charge in [0.2, 0.25) is 0 Å². The lowest BCUT2D eigenvalue weighted by Gasteiger charge is -2.23. The average molecular weight is 325 g/mol. The first-order valence-electron chi connectivity index (χ1n) is 5.82. The van der Waals surface area contributed by atoms with Gasteiger partial charge >= 0.3 is 0 Å². The van der Waals surface area contributed by atoms with E-state index in [0.717, 1.165) is 0 Å². The molecule has 0 amide bonds. The van der Waals surface area contributed by atoms with Crippen LogP contribution < -0.4 is 5.73 Å². The summed E-state index contributed by atoms with van der Waals surface area (Å²) in [5.41, 5.74) is 8.10. The van der Waals surface area contributed by atoms with Gasteiger partial charge in [0.15, 0.2) is 0 Å². The molecule has 0 spiro atoms. The fourth-order valence-corrected chi connectivity index (χ4v) is 3.68. The van der Waals surface area contributed by atoms with Crippen LogP contribution in [0.4, 0.5) is 0 Å². The first kappa shape index (κ1) is 13.7. The van der Waals surface area contributed by atoms with E-state index in [-0.39, 0.29) is 0 Å². The average Bonchev–Trinajstić information content (AvgIpc) is 2.76. The fourth-order valence-electron chi connectivity index (χ4n) is 2.03. The summed E-state index contributed by atoms with van der Waals surface area (Å²) in [6.07, 6.45) is 0. The van der Waals surface area contributed by atoms with Crippen molar-refractivity contribution in [1.29, 1.82) is 0 Å². The molecule has 2 rings (SSSR count). The quantitative estimate of drug-likeness (QED) is 0.930. The summed E-state index contributed by atoms with van der Waals surface area (Å²) < 4.78 is 1.17. The molecule has 1 heterocycles. The normalized spacial score (nSPS) is 12.9. The van der Waals surface area contributed by atoms with Gasteiger partial charge in [-0.05, 0) is 53.3 Å². The predicted octanol–water partition coefficient (Wildman–Crippen LogP) is 3.62. The Labute approximate surface area is 121 Å². The van der Waals surface area contributed by atoms with Gasteiger partial charge in [-0.2, -0.15) is 0 Å². The summed E-state index contributed by atoms with van der Waals surface area (Å²) in [7, 11) is 4.21. The highest BCUT2D eigenvalue weighted by molar-refractivity contribution is 9.11. The van der Waals surface area contributed by atoms with Gasteiger partial charge < -0.3 is 5.73 Å². The third-order valence-electron chi connectivity index (χ3n) is 2.91. The zero-order chi connectivity index (χ0) is 13.1. The lowest BCUT2D eigenvalue weighted by atomic mass is 10.0. The monoisotopic (exact) mass is 324 g/mol. The maximum absolute atomic E-state index is 5.64. The molecule has 4 heteroatoms. The van der Waals surface area contributed by atoms with Crippen LogP contribution in [-0.2, 0) is 6.54 Å². The molecule has 2 nitrogen and oxygen atoms in total. The van der Waals surface area contributed by atoms with Gasteiger partial charge in [0.05, 0.1) is 9.83 Å². The molecule has 1 atom stereocenters. The molecule has 18 heavy (non-hydrogen) atoms. The van der Waals surface area contributed by atoms with E-state index in [0.29, 0.717) is 12.6 Å². The number of rotatable bonds is 4. The van der Waals surface area contributed by atoms with E-state index in [2.05, 4.69) is 71.3 Å². The van der Waals surface area contributed by atoms with E-state index in [1.54, 1.807) is 11.3 Å². The van der Waals surface area contributed by atoms with Crippen LogP contribution in [0, 0.1) is 0 Å². The SMILES string of the molecule is CN(C)C(c1ccc(CN)cc1)c1ccc(Br)s1. The highest BCUT2D eigenvalue weighted by atomic mass is 79.9. The Kier molecular flexibility index (Phi) is 4.56. The molecular formula is C14H17BrN2S. The van der Waals surface area contributed by atoms with Crippen molar-refractivity contribution in [1.82, 2.24) is 4.90 Å². The summed E-state index contributed by atoms with van der Waals surface area (Å²) in [6, 6.07) is 13.1. The molecule has 1 aromatic carbocycles. The minimum Gasteiger partial charge on any atom is -0.326 e. The third kappa shape index (κ3) is 3.01. The summed E-state index contributed by atoms with van der Waals surface area (Å²) in [5.74, 6) is 0. The van der Waals surface area contributed by atoms with Crippen molar-refractivity contribution >= 4 is 27.3 Å². The molecule has 2 N–H and O–H groups in total. The van der Waals surface area contributed by atoms with Crippen LogP contribution >= 0.6 is 27.3 Å². The van der Waals surface area contributed by atoms with Gasteiger partial charge in [-0.15, -0.1) is 11.3 Å². The summed E-state index contributed by atoms with van der Waals surface area (Å²) in [6.45, 7) is 0.595. The molecule has 0 saturated carbocycles. The molecule has 0 saturated heterocycles. The van der Waals surface area contributed by atoms with Crippen LogP contribution in [0.1, 0.15) is 22.0 Å². The van der Waals surface area contributed by atoms with Crippen molar-refractivity contribution < 1.29 is 0 Å². The zero-order valence-electron chi connectivity index (χ0n) is 10.6. The molecule has 2 aromatic rings. The maximum atomic E-state index is 5.64. The van der Waals surface area contributed by atoms with Gasteiger partial charge in [0.1, 0.15) is 0 Å². The van der Waals surface area contributed by atoms with Crippen LogP contribution in [-0.4, -0.2) is 19.0 Å². The summed E-state index contributed by atoms with van der Waals surface area (Å²) in [4.78, 5) is 3.57.